The summed E-state index contributed by atoms with van der Waals surface area (Å²) in [5.74, 6) is 0.214. The highest BCUT2D eigenvalue weighted by Gasteiger charge is 2.15. The van der Waals surface area contributed by atoms with E-state index in [0.29, 0.717) is 35.0 Å². The van der Waals surface area contributed by atoms with Crippen molar-refractivity contribution in [1.29, 1.82) is 0 Å². The molecule has 2 aromatic heterocycles. The Morgan fingerprint density at radius 2 is 1.24 bits per heavy atom. The van der Waals surface area contributed by atoms with Gasteiger partial charge in [0.05, 0.1) is 17.4 Å². The maximum atomic E-state index is 12.5. The van der Waals surface area contributed by atoms with Crippen molar-refractivity contribution < 1.29 is 9.59 Å². The summed E-state index contributed by atoms with van der Waals surface area (Å²) in [6, 6.07) is 28.3. The van der Waals surface area contributed by atoms with Crippen LogP contribution < -0.4 is 16.4 Å². The summed E-state index contributed by atoms with van der Waals surface area (Å²) in [5.41, 5.74) is 8.71. The summed E-state index contributed by atoms with van der Waals surface area (Å²) in [6.45, 7) is 0. The lowest BCUT2D eigenvalue weighted by Crippen LogP contribution is -2.37. The van der Waals surface area contributed by atoms with Gasteiger partial charge in [0.15, 0.2) is 0 Å². The van der Waals surface area contributed by atoms with E-state index in [2.05, 4.69) is 20.6 Å². The molecular weight excluding hydrogens is 414 g/mol. The van der Waals surface area contributed by atoms with Gasteiger partial charge in [0, 0.05) is 5.56 Å². The summed E-state index contributed by atoms with van der Waals surface area (Å²) in [5, 5.41) is 5.56. The van der Waals surface area contributed by atoms with Crippen molar-refractivity contribution >= 4 is 23.5 Å². The minimum atomic E-state index is -0.701. The molecule has 4 rings (SSSR count). The van der Waals surface area contributed by atoms with Gasteiger partial charge < -0.3 is 16.4 Å². The van der Waals surface area contributed by atoms with Gasteiger partial charge in [0.1, 0.15) is 11.6 Å². The molecule has 2 aromatic carbocycles. The third kappa shape index (κ3) is 5.87. The lowest BCUT2D eigenvalue weighted by atomic mass is 10.1. The Morgan fingerprint density at radius 3 is 1.85 bits per heavy atom. The molecule has 2 heterocycles. The molecule has 7 heteroatoms. The highest BCUT2D eigenvalue weighted by Crippen LogP contribution is 2.19. The number of hydrogen-bond donors (Lipinski definition) is 3. The van der Waals surface area contributed by atoms with Gasteiger partial charge in [-0.1, -0.05) is 60.7 Å². The maximum Gasteiger partial charge on any atom is 0.256 e. The lowest BCUT2D eigenvalue weighted by Gasteiger charge is -2.12. The van der Waals surface area contributed by atoms with Crippen molar-refractivity contribution in [3.63, 3.8) is 0 Å². The Kier molecular flexibility index (Phi) is 6.82. The van der Waals surface area contributed by atoms with Crippen LogP contribution in [-0.2, 0) is 11.2 Å². The van der Waals surface area contributed by atoms with E-state index in [1.165, 1.54) is 0 Å². The molecule has 0 fully saturated rings. The molecule has 0 saturated heterocycles. The fraction of sp³-hybridized carbons (Fsp3) is 0.0769. The van der Waals surface area contributed by atoms with Crippen molar-refractivity contribution in [2.45, 2.75) is 12.5 Å². The minimum absolute atomic E-state index is 0.248. The van der Waals surface area contributed by atoms with Crippen LogP contribution in [-0.4, -0.2) is 27.8 Å². The summed E-state index contributed by atoms with van der Waals surface area (Å²) in [4.78, 5) is 33.9. The number of pyridine rings is 2. The predicted octanol–water partition coefficient (Wildman–Crippen LogP) is 3.90. The summed E-state index contributed by atoms with van der Waals surface area (Å²) in [6.07, 6.45) is 0.428. The van der Waals surface area contributed by atoms with Gasteiger partial charge in [-0.3, -0.25) is 9.59 Å². The Balaban J connectivity index is 1.44. The summed E-state index contributed by atoms with van der Waals surface area (Å²) >= 11 is 0. The first-order valence-corrected chi connectivity index (χ1v) is 10.5. The van der Waals surface area contributed by atoms with Crippen molar-refractivity contribution in [3.05, 3.63) is 108 Å². The van der Waals surface area contributed by atoms with E-state index in [0.717, 1.165) is 5.56 Å². The quantitative estimate of drug-likeness (QED) is 0.406. The third-order valence-corrected chi connectivity index (χ3v) is 4.92. The number of nitrogens with one attached hydrogen (secondary N) is 2. The zero-order valence-electron chi connectivity index (χ0n) is 17.8. The van der Waals surface area contributed by atoms with Gasteiger partial charge in [-0.05, 0) is 48.4 Å². The van der Waals surface area contributed by atoms with Gasteiger partial charge in [-0.25, -0.2) is 9.97 Å². The van der Waals surface area contributed by atoms with Crippen LogP contribution in [0.5, 0.6) is 0 Å². The Labute approximate surface area is 191 Å². The van der Waals surface area contributed by atoms with Crippen molar-refractivity contribution in [1.82, 2.24) is 9.97 Å². The van der Waals surface area contributed by atoms with E-state index in [1.54, 1.807) is 60.7 Å². The summed E-state index contributed by atoms with van der Waals surface area (Å²) < 4.78 is 0. The lowest BCUT2D eigenvalue weighted by molar-refractivity contribution is -0.117. The second kappa shape index (κ2) is 10.3. The predicted molar refractivity (Wildman–Crippen MR) is 129 cm³/mol. The van der Waals surface area contributed by atoms with Gasteiger partial charge >= 0.3 is 0 Å². The largest absolute Gasteiger partial charge is 0.320 e. The average Bonchev–Trinajstić information content (AvgIpc) is 2.85. The number of anilines is 2. The summed E-state index contributed by atoms with van der Waals surface area (Å²) in [7, 11) is 0. The molecule has 164 valence electrons. The highest BCUT2D eigenvalue weighted by molar-refractivity contribution is 6.03. The zero-order valence-corrected chi connectivity index (χ0v) is 17.8. The Morgan fingerprint density at radius 1 is 0.697 bits per heavy atom. The first-order chi connectivity index (χ1) is 16.1. The van der Waals surface area contributed by atoms with Gasteiger partial charge in [-0.15, -0.1) is 0 Å². The molecule has 0 bridgehead atoms. The molecule has 7 nitrogen and oxygen atoms in total. The molecule has 0 spiro atoms. The molecule has 0 aliphatic heterocycles. The number of nitrogens with zero attached hydrogens (tertiary/aromatic N) is 2. The number of carbonyl (C=O) groups is 2. The number of benzene rings is 2. The molecule has 0 saturated carbocycles. The van der Waals surface area contributed by atoms with Crippen molar-refractivity contribution in [3.8, 4) is 11.4 Å². The highest BCUT2D eigenvalue weighted by atomic mass is 16.2. The topological polar surface area (TPSA) is 110 Å². The molecule has 1 atom stereocenters. The number of nitrogens with two attached hydrogens (primary N) is 1. The normalized spacial score (nSPS) is 11.4. The monoisotopic (exact) mass is 437 g/mol. The van der Waals surface area contributed by atoms with Crippen LogP contribution in [0.15, 0.2) is 97.1 Å². The Bertz CT molecular complexity index is 1250. The average molecular weight is 438 g/mol. The molecule has 4 N–H and O–H groups in total. The fourth-order valence-corrected chi connectivity index (χ4v) is 3.25. The van der Waals surface area contributed by atoms with Crippen LogP contribution in [0, 0.1) is 0 Å². The molecule has 0 aliphatic rings. The maximum absolute atomic E-state index is 12.5. The van der Waals surface area contributed by atoms with E-state index in [4.69, 9.17) is 5.73 Å². The van der Waals surface area contributed by atoms with E-state index >= 15 is 0 Å². The zero-order chi connectivity index (χ0) is 23.0. The van der Waals surface area contributed by atoms with Crippen molar-refractivity contribution in [2.24, 2.45) is 5.73 Å². The molecule has 0 aliphatic carbocycles. The molecular formula is C26H23N5O2. The molecule has 33 heavy (non-hydrogen) atoms. The van der Waals surface area contributed by atoms with E-state index in [-0.39, 0.29) is 11.8 Å². The van der Waals surface area contributed by atoms with Crippen LogP contribution in [0.25, 0.3) is 11.4 Å². The SMILES string of the molecule is NC(Cc1ccccc1)C(=O)Nc1cccc(-c2cccc(NC(=O)c3ccccc3)n2)n1. The van der Waals surface area contributed by atoms with Crippen molar-refractivity contribution in [2.75, 3.05) is 10.6 Å². The van der Waals surface area contributed by atoms with Gasteiger partial charge in [0.25, 0.3) is 5.91 Å². The van der Waals surface area contributed by atoms with Crippen LogP contribution in [0.3, 0.4) is 0 Å². The smallest absolute Gasteiger partial charge is 0.256 e. The van der Waals surface area contributed by atoms with E-state index < -0.39 is 6.04 Å². The minimum Gasteiger partial charge on any atom is -0.320 e. The molecule has 1 unspecified atom stereocenters. The van der Waals surface area contributed by atoms with Crippen LogP contribution in [0.2, 0.25) is 0 Å². The molecule has 4 aromatic rings. The number of amides is 2. The molecule has 2 amide bonds. The number of aromatic nitrogens is 2. The first-order valence-electron chi connectivity index (χ1n) is 10.5. The molecule has 0 radical (unpaired) electrons. The van der Waals surface area contributed by atoms with Crippen LogP contribution >= 0.6 is 0 Å². The first kappa shape index (κ1) is 21.9. The van der Waals surface area contributed by atoms with Gasteiger partial charge in [0.2, 0.25) is 5.91 Å². The van der Waals surface area contributed by atoms with E-state index in [9.17, 15) is 9.59 Å². The number of carbonyl (C=O) groups excluding carboxylic acids is 2. The fourth-order valence-electron chi connectivity index (χ4n) is 3.25. The van der Waals surface area contributed by atoms with Crippen LogP contribution in [0.1, 0.15) is 15.9 Å². The second-order valence-corrected chi connectivity index (χ2v) is 7.42. The third-order valence-electron chi connectivity index (χ3n) is 4.92. The number of hydrogen-bond acceptors (Lipinski definition) is 5. The van der Waals surface area contributed by atoms with E-state index in [1.807, 2.05) is 36.4 Å². The standard InChI is InChI=1S/C26H23N5O2/c27-20(17-18-9-3-1-4-10-18)26(33)31-24-16-8-14-22(29-24)21-13-7-15-23(28-21)30-25(32)19-11-5-2-6-12-19/h1-16,20H,17,27H2,(H,28,30,32)(H,29,31,33). The second-order valence-electron chi connectivity index (χ2n) is 7.42. The van der Waals surface area contributed by atoms with Crippen LogP contribution in [0.4, 0.5) is 11.6 Å². The van der Waals surface area contributed by atoms with Gasteiger partial charge in [-0.2, -0.15) is 0 Å². The Hall–Kier alpha value is -4.36. The number of rotatable bonds is 7.